The lowest BCUT2D eigenvalue weighted by atomic mass is 10.0. The van der Waals surface area contributed by atoms with E-state index in [9.17, 15) is 17.2 Å². The van der Waals surface area contributed by atoms with Gasteiger partial charge in [-0.05, 0) is 30.7 Å². The summed E-state index contributed by atoms with van der Waals surface area (Å²) in [4.78, 5) is -0.0673. The minimum atomic E-state index is -3.92. The van der Waals surface area contributed by atoms with Crippen molar-refractivity contribution in [2.45, 2.75) is 18.4 Å². The molecule has 0 bridgehead atoms. The second-order valence-electron chi connectivity index (χ2n) is 4.45. The maximum absolute atomic E-state index is 12.2. The maximum atomic E-state index is 12.2. The third kappa shape index (κ3) is 3.77. The Bertz CT molecular complexity index is 761. The van der Waals surface area contributed by atoms with Gasteiger partial charge >= 0.3 is 6.61 Å². The van der Waals surface area contributed by atoms with E-state index in [2.05, 4.69) is 4.74 Å². The van der Waals surface area contributed by atoms with Gasteiger partial charge in [0.2, 0.25) is 10.0 Å². The number of sulfonamides is 1. The molecule has 0 aliphatic heterocycles. The van der Waals surface area contributed by atoms with Crippen LogP contribution >= 0.6 is 0 Å². The van der Waals surface area contributed by atoms with Crippen LogP contribution in [0.15, 0.2) is 47.4 Å². The minimum Gasteiger partial charge on any atom is -0.435 e. The van der Waals surface area contributed by atoms with E-state index in [1.807, 2.05) is 0 Å². The summed E-state index contributed by atoms with van der Waals surface area (Å²) in [6, 6.07) is 10.4. The van der Waals surface area contributed by atoms with Gasteiger partial charge in [-0.25, -0.2) is 13.6 Å². The molecule has 0 amide bonds. The van der Waals surface area contributed by atoms with Crippen molar-refractivity contribution in [2.75, 3.05) is 0 Å². The first-order chi connectivity index (χ1) is 9.77. The molecule has 4 nitrogen and oxygen atoms in total. The lowest BCUT2D eigenvalue weighted by Crippen LogP contribution is -2.13. The molecule has 0 saturated carbocycles. The molecule has 2 aromatic rings. The summed E-state index contributed by atoms with van der Waals surface area (Å²) in [6.45, 7) is -1.16. The molecular formula is C14H13F2NO3S. The van der Waals surface area contributed by atoms with E-state index in [0.717, 1.165) is 5.56 Å². The predicted molar refractivity (Wildman–Crippen MR) is 74.6 cm³/mol. The third-order valence-corrected chi connectivity index (χ3v) is 3.78. The number of hydrogen-bond donors (Lipinski definition) is 1. The van der Waals surface area contributed by atoms with E-state index >= 15 is 0 Å². The fraction of sp³-hybridized carbons (Fsp3) is 0.143. The number of alkyl halides is 2. The second kappa shape index (κ2) is 5.79. The quantitative estimate of drug-likeness (QED) is 0.943. The van der Waals surface area contributed by atoms with Crippen molar-refractivity contribution in [3.05, 3.63) is 48.0 Å². The van der Waals surface area contributed by atoms with Crippen LogP contribution in [-0.4, -0.2) is 15.0 Å². The van der Waals surface area contributed by atoms with Crippen molar-refractivity contribution in [3.63, 3.8) is 0 Å². The van der Waals surface area contributed by atoms with Crippen LogP contribution in [0.4, 0.5) is 8.78 Å². The fourth-order valence-corrected chi connectivity index (χ4v) is 2.70. The molecule has 2 aromatic carbocycles. The topological polar surface area (TPSA) is 69.4 Å². The molecule has 0 spiro atoms. The van der Waals surface area contributed by atoms with Crippen LogP contribution in [-0.2, 0) is 10.0 Å². The summed E-state index contributed by atoms with van der Waals surface area (Å²) in [5.74, 6) is -0.0515. The van der Waals surface area contributed by atoms with Gasteiger partial charge in [-0.1, -0.05) is 29.8 Å². The lowest BCUT2D eigenvalue weighted by molar-refractivity contribution is -0.0498. The molecule has 7 heteroatoms. The minimum absolute atomic E-state index is 0.0515. The van der Waals surface area contributed by atoms with Crippen molar-refractivity contribution in [2.24, 2.45) is 5.14 Å². The van der Waals surface area contributed by atoms with E-state index in [0.29, 0.717) is 11.1 Å². The number of aryl methyl sites for hydroxylation is 1. The largest absolute Gasteiger partial charge is 0.435 e. The average Bonchev–Trinajstić information content (AvgIpc) is 2.36. The first kappa shape index (κ1) is 15.4. The highest BCUT2D eigenvalue weighted by Gasteiger charge is 2.16. The predicted octanol–water partition coefficient (Wildman–Crippen LogP) is 2.91. The molecule has 2 rings (SSSR count). The van der Waals surface area contributed by atoms with Crippen molar-refractivity contribution < 1.29 is 21.9 Å². The Hall–Kier alpha value is -1.99. The molecule has 0 atom stereocenters. The van der Waals surface area contributed by atoms with Gasteiger partial charge < -0.3 is 4.74 Å². The Kier molecular flexibility index (Phi) is 4.24. The zero-order valence-electron chi connectivity index (χ0n) is 11.1. The molecule has 0 unspecified atom stereocenters. The first-order valence-corrected chi connectivity index (χ1v) is 7.51. The van der Waals surface area contributed by atoms with Crippen LogP contribution in [0.2, 0.25) is 0 Å². The Morgan fingerprint density at radius 3 is 2.48 bits per heavy atom. The van der Waals surface area contributed by atoms with E-state index in [4.69, 9.17) is 5.14 Å². The number of hydrogen-bond acceptors (Lipinski definition) is 3. The molecule has 0 saturated heterocycles. The van der Waals surface area contributed by atoms with E-state index < -0.39 is 16.6 Å². The molecule has 0 aliphatic rings. The molecule has 0 radical (unpaired) electrons. The lowest BCUT2D eigenvalue weighted by Gasteiger charge is -2.11. The number of halogens is 2. The van der Waals surface area contributed by atoms with Crippen molar-refractivity contribution in [1.82, 2.24) is 0 Å². The Labute approximate surface area is 121 Å². The number of ether oxygens (including phenoxy) is 1. The molecule has 21 heavy (non-hydrogen) atoms. The van der Waals surface area contributed by atoms with Crippen molar-refractivity contribution >= 4 is 10.0 Å². The molecule has 0 aromatic heterocycles. The van der Waals surface area contributed by atoms with Crippen LogP contribution < -0.4 is 9.88 Å². The van der Waals surface area contributed by atoms with Crippen LogP contribution in [0.5, 0.6) is 5.75 Å². The Morgan fingerprint density at radius 2 is 1.86 bits per heavy atom. The smallest absolute Gasteiger partial charge is 0.387 e. The second-order valence-corrected chi connectivity index (χ2v) is 5.98. The molecule has 0 aliphatic carbocycles. The zero-order chi connectivity index (χ0) is 15.6. The summed E-state index contributed by atoms with van der Waals surface area (Å²) < 4.78 is 52.1. The highest BCUT2D eigenvalue weighted by molar-refractivity contribution is 7.89. The average molecular weight is 313 g/mol. The maximum Gasteiger partial charge on any atom is 0.387 e. The van der Waals surface area contributed by atoms with Crippen LogP contribution in [0.3, 0.4) is 0 Å². The van der Waals surface area contributed by atoms with Gasteiger partial charge in [-0.3, -0.25) is 0 Å². The SMILES string of the molecule is Cc1ccc(S(N)(=O)=O)c(-c2cccc(OC(F)F)c2)c1. The van der Waals surface area contributed by atoms with Gasteiger partial charge in [0, 0.05) is 5.56 Å². The Morgan fingerprint density at radius 1 is 1.14 bits per heavy atom. The summed E-state index contributed by atoms with van der Waals surface area (Å²) in [7, 11) is -3.92. The fourth-order valence-electron chi connectivity index (χ4n) is 1.96. The molecule has 112 valence electrons. The number of primary sulfonamides is 1. The Balaban J connectivity index is 2.58. The summed E-state index contributed by atoms with van der Waals surface area (Å²) in [6.07, 6.45) is 0. The highest BCUT2D eigenvalue weighted by Crippen LogP contribution is 2.30. The van der Waals surface area contributed by atoms with Gasteiger partial charge in [0.25, 0.3) is 0 Å². The van der Waals surface area contributed by atoms with E-state index in [-0.39, 0.29) is 10.6 Å². The molecular weight excluding hydrogens is 300 g/mol. The number of benzene rings is 2. The van der Waals surface area contributed by atoms with Gasteiger partial charge in [0.15, 0.2) is 0 Å². The van der Waals surface area contributed by atoms with E-state index in [1.54, 1.807) is 25.1 Å². The van der Waals surface area contributed by atoms with Crippen molar-refractivity contribution in [1.29, 1.82) is 0 Å². The monoisotopic (exact) mass is 313 g/mol. The highest BCUT2D eigenvalue weighted by atomic mass is 32.2. The summed E-state index contributed by atoms with van der Waals surface area (Å²) >= 11 is 0. The van der Waals surface area contributed by atoms with Gasteiger partial charge in [-0.2, -0.15) is 8.78 Å². The van der Waals surface area contributed by atoms with Crippen LogP contribution in [0.1, 0.15) is 5.56 Å². The van der Waals surface area contributed by atoms with Crippen LogP contribution in [0.25, 0.3) is 11.1 Å². The van der Waals surface area contributed by atoms with Gasteiger partial charge in [0.05, 0.1) is 4.90 Å². The van der Waals surface area contributed by atoms with Gasteiger partial charge in [0.1, 0.15) is 5.75 Å². The number of rotatable bonds is 4. The van der Waals surface area contributed by atoms with Gasteiger partial charge in [-0.15, -0.1) is 0 Å². The summed E-state index contributed by atoms with van der Waals surface area (Å²) in [5, 5.41) is 5.18. The van der Waals surface area contributed by atoms with E-state index in [1.165, 1.54) is 24.3 Å². The third-order valence-electron chi connectivity index (χ3n) is 2.81. The molecule has 0 fully saturated rings. The standard InChI is InChI=1S/C14H13F2NO3S/c1-9-5-6-13(21(17,18)19)12(7-9)10-3-2-4-11(8-10)20-14(15)16/h2-8,14H,1H3,(H2,17,18,19). The molecule has 2 N–H and O–H groups in total. The first-order valence-electron chi connectivity index (χ1n) is 5.96. The zero-order valence-corrected chi connectivity index (χ0v) is 11.9. The van der Waals surface area contributed by atoms with Crippen molar-refractivity contribution in [3.8, 4) is 16.9 Å². The summed E-state index contributed by atoms with van der Waals surface area (Å²) in [5.41, 5.74) is 1.59. The molecule has 0 heterocycles. The van der Waals surface area contributed by atoms with Crippen LogP contribution in [0, 0.1) is 6.92 Å². The normalized spacial score (nSPS) is 11.7. The number of nitrogens with two attached hydrogens (primary N) is 1.